The topological polar surface area (TPSA) is 58.6 Å². The Hall–Kier alpha value is -2.82. The fourth-order valence-electron chi connectivity index (χ4n) is 3.38. The molecule has 0 radical (unpaired) electrons. The third kappa shape index (κ3) is 4.13. The molecule has 1 aliphatic rings. The van der Waals surface area contributed by atoms with E-state index < -0.39 is 0 Å². The lowest BCUT2D eigenvalue weighted by Gasteiger charge is -2.23. The molecule has 0 spiro atoms. The Bertz CT molecular complexity index is 837. The molecule has 0 bridgehead atoms. The number of carbonyl (C=O) groups is 2. The highest BCUT2D eigenvalue weighted by atomic mass is 16.5. The Morgan fingerprint density at radius 3 is 2.41 bits per heavy atom. The molecule has 27 heavy (non-hydrogen) atoms. The van der Waals surface area contributed by atoms with Crippen LogP contribution in [0.2, 0.25) is 0 Å². The molecule has 1 saturated heterocycles. The molecular weight excluding hydrogens is 340 g/mol. The summed E-state index contributed by atoms with van der Waals surface area (Å²) in [6.07, 6.45) is 0.218. The number of hydrogen-bond donors (Lipinski definition) is 1. The number of benzene rings is 2. The van der Waals surface area contributed by atoms with Crippen molar-refractivity contribution < 1.29 is 14.3 Å². The quantitative estimate of drug-likeness (QED) is 0.890. The third-order valence-electron chi connectivity index (χ3n) is 4.87. The summed E-state index contributed by atoms with van der Waals surface area (Å²) in [5.41, 5.74) is 2.59. The first-order chi connectivity index (χ1) is 12.8. The minimum absolute atomic E-state index is 0.0376. The minimum Gasteiger partial charge on any atom is -0.497 e. The van der Waals surface area contributed by atoms with E-state index in [0.717, 1.165) is 22.7 Å². The SMILES string of the molecule is COc1ccc(N2CC(C(=O)Nc3ccccc3C(C)(C)C)CC2=O)cc1. The number of para-hydroxylation sites is 1. The van der Waals surface area contributed by atoms with E-state index in [1.807, 2.05) is 48.5 Å². The highest BCUT2D eigenvalue weighted by molar-refractivity contribution is 6.03. The fraction of sp³-hybridized carbons (Fsp3) is 0.364. The number of anilines is 2. The van der Waals surface area contributed by atoms with Crippen molar-refractivity contribution in [1.82, 2.24) is 0 Å². The van der Waals surface area contributed by atoms with Crippen LogP contribution in [0.3, 0.4) is 0 Å². The Morgan fingerprint density at radius 1 is 1.11 bits per heavy atom. The Morgan fingerprint density at radius 2 is 1.78 bits per heavy atom. The van der Waals surface area contributed by atoms with Crippen molar-refractivity contribution in [2.45, 2.75) is 32.6 Å². The number of rotatable bonds is 4. The Labute approximate surface area is 160 Å². The lowest BCUT2D eigenvalue weighted by atomic mass is 9.85. The van der Waals surface area contributed by atoms with Crippen LogP contribution in [0.4, 0.5) is 11.4 Å². The second-order valence-corrected chi connectivity index (χ2v) is 7.89. The average Bonchev–Trinajstić information content (AvgIpc) is 3.03. The van der Waals surface area contributed by atoms with Crippen LogP contribution in [0.5, 0.6) is 5.75 Å². The molecule has 2 aromatic rings. The zero-order chi connectivity index (χ0) is 19.6. The molecule has 1 atom stereocenters. The summed E-state index contributed by atoms with van der Waals surface area (Å²) in [5, 5.41) is 3.03. The molecule has 142 valence electrons. The van der Waals surface area contributed by atoms with Gasteiger partial charge in [0.2, 0.25) is 11.8 Å². The number of carbonyl (C=O) groups excluding carboxylic acids is 2. The number of nitrogens with zero attached hydrogens (tertiary/aromatic N) is 1. The van der Waals surface area contributed by atoms with Crippen LogP contribution in [0.1, 0.15) is 32.8 Å². The van der Waals surface area contributed by atoms with Gasteiger partial charge in [0.15, 0.2) is 0 Å². The van der Waals surface area contributed by atoms with Gasteiger partial charge < -0.3 is 15.0 Å². The number of nitrogens with one attached hydrogen (secondary N) is 1. The maximum atomic E-state index is 12.8. The zero-order valence-electron chi connectivity index (χ0n) is 16.3. The Balaban J connectivity index is 1.73. The molecule has 0 aliphatic carbocycles. The van der Waals surface area contributed by atoms with Crippen molar-refractivity contribution >= 4 is 23.2 Å². The second kappa shape index (κ2) is 7.43. The van der Waals surface area contributed by atoms with Gasteiger partial charge in [0.05, 0.1) is 13.0 Å². The van der Waals surface area contributed by atoms with E-state index in [9.17, 15) is 9.59 Å². The van der Waals surface area contributed by atoms with Crippen LogP contribution in [0.25, 0.3) is 0 Å². The van der Waals surface area contributed by atoms with Gasteiger partial charge in [-0.25, -0.2) is 0 Å². The van der Waals surface area contributed by atoms with Gasteiger partial charge in [-0.15, -0.1) is 0 Å². The van der Waals surface area contributed by atoms with Crippen molar-refractivity contribution in [3.8, 4) is 5.75 Å². The van der Waals surface area contributed by atoms with Crippen molar-refractivity contribution in [3.63, 3.8) is 0 Å². The van der Waals surface area contributed by atoms with Gasteiger partial charge in [-0.2, -0.15) is 0 Å². The van der Waals surface area contributed by atoms with Gasteiger partial charge in [-0.05, 0) is 41.3 Å². The van der Waals surface area contributed by atoms with Crippen LogP contribution in [-0.4, -0.2) is 25.5 Å². The third-order valence-corrected chi connectivity index (χ3v) is 4.87. The molecule has 0 saturated carbocycles. The molecular formula is C22H26N2O3. The highest BCUT2D eigenvalue weighted by Crippen LogP contribution is 2.31. The zero-order valence-corrected chi connectivity index (χ0v) is 16.3. The molecule has 2 aromatic carbocycles. The molecule has 3 rings (SSSR count). The van der Waals surface area contributed by atoms with E-state index in [2.05, 4.69) is 26.1 Å². The van der Waals surface area contributed by atoms with Gasteiger partial charge >= 0.3 is 0 Å². The van der Waals surface area contributed by atoms with Gasteiger partial charge in [-0.3, -0.25) is 9.59 Å². The normalized spacial score (nSPS) is 17.1. The number of amides is 2. The van der Waals surface area contributed by atoms with Gasteiger partial charge in [0.1, 0.15) is 5.75 Å². The predicted octanol–water partition coefficient (Wildman–Crippen LogP) is 3.98. The average molecular weight is 366 g/mol. The summed E-state index contributed by atoms with van der Waals surface area (Å²) in [6, 6.07) is 15.1. The summed E-state index contributed by atoms with van der Waals surface area (Å²) in [4.78, 5) is 26.9. The summed E-state index contributed by atoms with van der Waals surface area (Å²) < 4.78 is 5.16. The molecule has 5 nitrogen and oxygen atoms in total. The lowest BCUT2D eigenvalue weighted by molar-refractivity contribution is -0.122. The summed E-state index contributed by atoms with van der Waals surface area (Å²) in [5.74, 6) is 0.214. The molecule has 1 heterocycles. The van der Waals surface area contributed by atoms with Gasteiger partial charge in [0, 0.05) is 24.3 Å². The molecule has 1 N–H and O–H groups in total. The van der Waals surface area contributed by atoms with Crippen molar-refractivity contribution in [1.29, 1.82) is 0 Å². The number of hydrogen-bond acceptors (Lipinski definition) is 3. The maximum absolute atomic E-state index is 12.8. The first-order valence-electron chi connectivity index (χ1n) is 9.14. The Kier molecular flexibility index (Phi) is 5.22. The van der Waals surface area contributed by atoms with Gasteiger partial charge in [0.25, 0.3) is 0 Å². The smallest absolute Gasteiger partial charge is 0.229 e. The fourth-order valence-corrected chi connectivity index (χ4v) is 3.38. The molecule has 1 aliphatic heterocycles. The summed E-state index contributed by atoms with van der Waals surface area (Å²) in [6.45, 7) is 6.72. The first-order valence-corrected chi connectivity index (χ1v) is 9.14. The highest BCUT2D eigenvalue weighted by Gasteiger charge is 2.35. The molecule has 1 fully saturated rings. The number of methoxy groups -OCH3 is 1. The molecule has 1 unspecified atom stereocenters. The van der Waals surface area contributed by atoms with Crippen LogP contribution >= 0.6 is 0 Å². The van der Waals surface area contributed by atoms with E-state index in [0.29, 0.717) is 6.54 Å². The van der Waals surface area contributed by atoms with E-state index in [1.165, 1.54) is 0 Å². The van der Waals surface area contributed by atoms with Crippen LogP contribution < -0.4 is 15.0 Å². The van der Waals surface area contributed by atoms with Gasteiger partial charge in [-0.1, -0.05) is 39.0 Å². The van der Waals surface area contributed by atoms with Crippen LogP contribution in [0, 0.1) is 5.92 Å². The van der Waals surface area contributed by atoms with E-state index >= 15 is 0 Å². The van der Waals surface area contributed by atoms with Crippen LogP contribution in [0.15, 0.2) is 48.5 Å². The van der Waals surface area contributed by atoms with Crippen LogP contribution in [-0.2, 0) is 15.0 Å². The van der Waals surface area contributed by atoms with Crippen molar-refractivity contribution in [2.75, 3.05) is 23.9 Å². The molecule has 0 aromatic heterocycles. The van der Waals surface area contributed by atoms with E-state index in [4.69, 9.17) is 4.74 Å². The van der Waals surface area contributed by atoms with E-state index in [-0.39, 0.29) is 29.6 Å². The second-order valence-electron chi connectivity index (χ2n) is 7.89. The molecule has 5 heteroatoms. The van der Waals surface area contributed by atoms with Crippen molar-refractivity contribution in [2.24, 2.45) is 5.92 Å². The lowest BCUT2D eigenvalue weighted by Crippen LogP contribution is -2.28. The largest absolute Gasteiger partial charge is 0.497 e. The minimum atomic E-state index is -0.368. The maximum Gasteiger partial charge on any atom is 0.229 e. The monoisotopic (exact) mass is 366 g/mol. The molecule has 2 amide bonds. The standard InChI is InChI=1S/C22H26N2O3/c1-22(2,3)18-7-5-6-8-19(18)23-21(26)15-13-20(25)24(14-15)16-9-11-17(27-4)12-10-16/h5-12,15H,13-14H2,1-4H3,(H,23,26). The number of ether oxygens (including phenoxy) is 1. The summed E-state index contributed by atoms with van der Waals surface area (Å²) >= 11 is 0. The first kappa shape index (κ1) is 19.0. The summed E-state index contributed by atoms with van der Waals surface area (Å²) in [7, 11) is 1.60. The predicted molar refractivity (Wildman–Crippen MR) is 107 cm³/mol. The van der Waals surface area contributed by atoms with E-state index in [1.54, 1.807) is 12.0 Å². The van der Waals surface area contributed by atoms with Crippen molar-refractivity contribution in [3.05, 3.63) is 54.1 Å².